The highest BCUT2D eigenvalue weighted by Crippen LogP contribution is 2.34. The number of ether oxygens (including phenoxy) is 2. The number of methoxy groups -OCH3 is 2. The van der Waals surface area contributed by atoms with Crippen LogP contribution in [0.3, 0.4) is 0 Å². The van der Waals surface area contributed by atoms with E-state index in [0.29, 0.717) is 23.6 Å². The number of carboxylic acids is 1. The van der Waals surface area contributed by atoms with Crippen molar-refractivity contribution in [3.05, 3.63) is 54.1 Å². The molecule has 0 aliphatic heterocycles. The normalized spacial score (nSPS) is 11.5. The van der Waals surface area contributed by atoms with E-state index in [1.807, 2.05) is 30.3 Å². The maximum absolute atomic E-state index is 11.6. The largest absolute Gasteiger partial charge is 0.494 e. The van der Waals surface area contributed by atoms with E-state index < -0.39 is 12.0 Å². The zero-order valence-electron chi connectivity index (χ0n) is 12.6. The molecule has 22 heavy (non-hydrogen) atoms. The van der Waals surface area contributed by atoms with Crippen molar-refractivity contribution in [1.82, 2.24) is 0 Å². The number of carboxylic acid groups (broad SMARTS) is 1. The van der Waals surface area contributed by atoms with E-state index in [1.54, 1.807) is 18.2 Å². The molecule has 5 heteroatoms. The van der Waals surface area contributed by atoms with Gasteiger partial charge in [0.05, 0.1) is 14.2 Å². The van der Waals surface area contributed by atoms with Gasteiger partial charge in [-0.2, -0.15) is 0 Å². The maximum atomic E-state index is 11.6. The van der Waals surface area contributed by atoms with Gasteiger partial charge in [0, 0.05) is 6.42 Å². The first-order valence-electron chi connectivity index (χ1n) is 6.90. The van der Waals surface area contributed by atoms with Gasteiger partial charge in [-0.3, -0.25) is 0 Å². The van der Waals surface area contributed by atoms with Crippen LogP contribution in [0, 0.1) is 0 Å². The highest BCUT2D eigenvalue weighted by molar-refractivity contribution is 5.80. The molecule has 0 saturated heterocycles. The summed E-state index contributed by atoms with van der Waals surface area (Å²) >= 11 is 0. The fourth-order valence-electron chi connectivity index (χ4n) is 2.22. The van der Waals surface area contributed by atoms with Crippen molar-refractivity contribution in [3.8, 4) is 11.5 Å². The van der Waals surface area contributed by atoms with Gasteiger partial charge in [-0.1, -0.05) is 36.4 Å². The number of hydrogen-bond acceptors (Lipinski definition) is 4. The second-order valence-corrected chi connectivity index (χ2v) is 4.76. The fraction of sp³-hybridized carbons (Fsp3) is 0.235. The van der Waals surface area contributed by atoms with Crippen LogP contribution in [-0.4, -0.2) is 31.3 Å². The second kappa shape index (κ2) is 7.36. The average Bonchev–Trinajstić information content (AvgIpc) is 2.55. The van der Waals surface area contributed by atoms with Crippen LogP contribution in [0.15, 0.2) is 48.5 Å². The van der Waals surface area contributed by atoms with Crippen LogP contribution < -0.4 is 14.8 Å². The van der Waals surface area contributed by atoms with E-state index in [-0.39, 0.29) is 0 Å². The molecular weight excluding hydrogens is 282 g/mol. The third kappa shape index (κ3) is 3.69. The number of benzene rings is 2. The Morgan fingerprint density at radius 2 is 1.64 bits per heavy atom. The summed E-state index contributed by atoms with van der Waals surface area (Å²) < 4.78 is 10.6. The molecule has 0 amide bonds. The Morgan fingerprint density at radius 3 is 2.14 bits per heavy atom. The van der Waals surface area contributed by atoms with E-state index in [9.17, 15) is 9.90 Å². The molecule has 0 unspecified atom stereocenters. The third-order valence-electron chi connectivity index (χ3n) is 3.33. The third-order valence-corrected chi connectivity index (χ3v) is 3.33. The quantitative estimate of drug-likeness (QED) is 0.823. The van der Waals surface area contributed by atoms with Crippen LogP contribution in [0.25, 0.3) is 0 Å². The number of nitrogens with one attached hydrogen (secondary N) is 1. The van der Waals surface area contributed by atoms with Crippen molar-refractivity contribution >= 4 is 11.7 Å². The summed E-state index contributed by atoms with van der Waals surface area (Å²) in [6.45, 7) is 0. The predicted molar refractivity (Wildman–Crippen MR) is 84.7 cm³/mol. The number of anilines is 1. The molecule has 0 bridgehead atoms. The van der Waals surface area contributed by atoms with Crippen molar-refractivity contribution in [3.63, 3.8) is 0 Å². The lowest BCUT2D eigenvalue weighted by molar-refractivity contribution is -0.137. The Bertz CT molecular complexity index is 606. The molecule has 2 rings (SSSR count). The van der Waals surface area contributed by atoms with Crippen LogP contribution in [0.5, 0.6) is 11.5 Å². The molecule has 2 aromatic carbocycles. The molecular formula is C17H19NO4. The second-order valence-electron chi connectivity index (χ2n) is 4.76. The van der Waals surface area contributed by atoms with E-state index >= 15 is 0 Å². The molecule has 0 aliphatic carbocycles. The van der Waals surface area contributed by atoms with Gasteiger partial charge in [0.1, 0.15) is 23.2 Å². The highest BCUT2D eigenvalue weighted by Gasteiger charge is 2.21. The summed E-state index contributed by atoms with van der Waals surface area (Å²) in [6.07, 6.45) is 0.359. The molecule has 2 N–H and O–H groups in total. The Kier molecular flexibility index (Phi) is 5.25. The number of rotatable bonds is 7. The molecule has 0 aliphatic rings. The average molecular weight is 301 g/mol. The summed E-state index contributed by atoms with van der Waals surface area (Å²) in [6, 6.07) is 14.0. The molecule has 2 aromatic rings. The van der Waals surface area contributed by atoms with E-state index in [2.05, 4.69) is 5.32 Å². The summed E-state index contributed by atoms with van der Waals surface area (Å²) in [5, 5.41) is 12.5. The van der Waals surface area contributed by atoms with Crippen LogP contribution in [0.2, 0.25) is 0 Å². The van der Waals surface area contributed by atoms with Gasteiger partial charge in [-0.05, 0) is 17.7 Å². The Morgan fingerprint density at radius 1 is 1.05 bits per heavy atom. The topological polar surface area (TPSA) is 67.8 Å². The minimum absolute atomic E-state index is 0.359. The first kappa shape index (κ1) is 15.7. The standard InChI is InChI=1S/C17H19NO4/c1-21-14-9-6-10-15(22-2)16(14)18-13(17(19)20)11-12-7-4-3-5-8-12/h3-10,13,18H,11H2,1-2H3,(H,19,20)/t13-/m0/s1. The van der Waals surface area contributed by atoms with Crippen LogP contribution in [-0.2, 0) is 11.2 Å². The lowest BCUT2D eigenvalue weighted by Crippen LogP contribution is -2.31. The van der Waals surface area contributed by atoms with Gasteiger partial charge in [0.15, 0.2) is 0 Å². The van der Waals surface area contributed by atoms with Gasteiger partial charge in [0.25, 0.3) is 0 Å². The van der Waals surface area contributed by atoms with E-state index in [1.165, 1.54) is 14.2 Å². The van der Waals surface area contributed by atoms with Gasteiger partial charge < -0.3 is 19.9 Å². The molecule has 5 nitrogen and oxygen atoms in total. The molecule has 0 heterocycles. The molecule has 116 valence electrons. The summed E-state index contributed by atoms with van der Waals surface area (Å²) in [7, 11) is 3.07. The highest BCUT2D eigenvalue weighted by atomic mass is 16.5. The SMILES string of the molecule is COc1cccc(OC)c1N[C@@H](Cc1ccccc1)C(=O)O. The molecule has 0 aromatic heterocycles. The zero-order valence-corrected chi connectivity index (χ0v) is 12.6. The minimum atomic E-state index is -0.934. The van der Waals surface area contributed by atoms with Crippen LogP contribution >= 0.6 is 0 Å². The molecule has 1 atom stereocenters. The molecule has 0 spiro atoms. The van der Waals surface area contributed by atoms with Gasteiger partial charge in [-0.25, -0.2) is 4.79 Å². The number of aliphatic carboxylic acids is 1. The van der Waals surface area contributed by atoms with Crippen molar-refractivity contribution in [1.29, 1.82) is 0 Å². The maximum Gasteiger partial charge on any atom is 0.326 e. The van der Waals surface area contributed by atoms with Crippen LogP contribution in [0.1, 0.15) is 5.56 Å². The number of carbonyl (C=O) groups is 1. The van der Waals surface area contributed by atoms with E-state index in [4.69, 9.17) is 9.47 Å². The lowest BCUT2D eigenvalue weighted by Gasteiger charge is -2.20. The van der Waals surface area contributed by atoms with Crippen molar-refractivity contribution < 1.29 is 19.4 Å². The zero-order chi connectivity index (χ0) is 15.9. The van der Waals surface area contributed by atoms with Crippen LogP contribution in [0.4, 0.5) is 5.69 Å². The Labute approximate surface area is 129 Å². The number of para-hydroxylation sites is 1. The first-order chi connectivity index (χ1) is 10.7. The van der Waals surface area contributed by atoms with Crippen molar-refractivity contribution in [2.75, 3.05) is 19.5 Å². The summed E-state index contributed by atoms with van der Waals surface area (Å²) in [5.41, 5.74) is 1.48. The van der Waals surface area contributed by atoms with Gasteiger partial charge in [-0.15, -0.1) is 0 Å². The summed E-state index contributed by atoms with van der Waals surface area (Å²) in [4.78, 5) is 11.6. The van der Waals surface area contributed by atoms with Crippen molar-refractivity contribution in [2.45, 2.75) is 12.5 Å². The lowest BCUT2D eigenvalue weighted by atomic mass is 10.1. The smallest absolute Gasteiger partial charge is 0.326 e. The van der Waals surface area contributed by atoms with Gasteiger partial charge >= 0.3 is 5.97 Å². The predicted octanol–water partition coefficient (Wildman–Crippen LogP) is 2.81. The molecule has 0 fully saturated rings. The van der Waals surface area contributed by atoms with E-state index in [0.717, 1.165) is 5.56 Å². The Balaban J connectivity index is 2.27. The first-order valence-corrected chi connectivity index (χ1v) is 6.90. The van der Waals surface area contributed by atoms with Gasteiger partial charge in [0.2, 0.25) is 0 Å². The number of hydrogen-bond donors (Lipinski definition) is 2. The van der Waals surface area contributed by atoms with Crippen molar-refractivity contribution in [2.24, 2.45) is 0 Å². The fourth-order valence-corrected chi connectivity index (χ4v) is 2.22. The summed E-state index contributed by atoms with van der Waals surface area (Å²) in [5.74, 6) is 0.147. The monoisotopic (exact) mass is 301 g/mol. The Hall–Kier alpha value is -2.69. The molecule has 0 radical (unpaired) electrons. The minimum Gasteiger partial charge on any atom is -0.494 e. The molecule has 0 saturated carbocycles.